The van der Waals surface area contributed by atoms with Crippen molar-refractivity contribution in [2.45, 2.75) is 18.8 Å². The number of aliphatic hydroxyl groups is 1. The summed E-state index contributed by atoms with van der Waals surface area (Å²) in [5.74, 6) is -4.27. The highest BCUT2D eigenvalue weighted by atomic mass is 32.2. The summed E-state index contributed by atoms with van der Waals surface area (Å²) in [4.78, 5) is 11.3. The van der Waals surface area contributed by atoms with Crippen molar-refractivity contribution in [3.63, 3.8) is 0 Å². The molecule has 0 radical (unpaired) electrons. The minimum Gasteiger partial charge on any atom is -0.469 e. The van der Waals surface area contributed by atoms with Crippen LogP contribution in [-0.2, 0) is 19.7 Å². The Morgan fingerprint density at radius 3 is 2.45 bits per heavy atom. The Hall–Kier alpha value is -0.840. The molecular weight excluding hydrogens is 298 g/mol. The maximum Gasteiger partial charge on any atom is 0.308 e. The summed E-state index contributed by atoms with van der Waals surface area (Å²) in [5, 5.41) is 8.37. The van der Waals surface area contributed by atoms with Crippen molar-refractivity contribution in [2.75, 3.05) is 33.4 Å². The lowest BCUT2D eigenvalue weighted by Crippen LogP contribution is -2.49. The number of esters is 1. The van der Waals surface area contributed by atoms with Gasteiger partial charge in [0.2, 0.25) is 0 Å². The van der Waals surface area contributed by atoms with E-state index < -0.39 is 35.3 Å². The second-order valence-corrected chi connectivity index (χ2v) is 6.29. The van der Waals surface area contributed by atoms with E-state index >= 15 is 0 Å². The molecule has 0 aromatic carbocycles. The first-order valence-electron chi connectivity index (χ1n) is 6.03. The van der Waals surface area contributed by atoms with Gasteiger partial charge in [0.05, 0.1) is 19.6 Å². The number of methoxy groups -OCH3 is 1. The standard InChI is InChI=1S/C10H18F2N2O5S/c1-19-9(16)8-2-4-14(5-3-8)20(17,18)13-6-10(11,12)7-15/h8,13,15H,2-7H2,1H3. The van der Waals surface area contributed by atoms with Crippen LogP contribution in [0.2, 0.25) is 0 Å². The van der Waals surface area contributed by atoms with E-state index in [2.05, 4.69) is 4.74 Å². The van der Waals surface area contributed by atoms with Gasteiger partial charge in [-0.05, 0) is 12.8 Å². The second kappa shape index (κ2) is 6.74. The van der Waals surface area contributed by atoms with Crippen molar-refractivity contribution >= 4 is 16.2 Å². The van der Waals surface area contributed by atoms with Gasteiger partial charge in [-0.3, -0.25) is 4.79 Å². The SMILES string of the molecule is COC(=O)C1CCN(S(=O)(=O)NCC(F)(F)CO)CC1. The number of piperidine rings is 1. The molecule has 0 bridgehead atoms. The molecule has 0 aromatic rings. The third-order valence-electron chi connectivity index (χ3n) is 3.07. The number of carbonyl (C=O) groups is 1. The predicted molar refractivity (Wildman–Crippen MR) is 65.3 cm³/mol. The average molecular weight is 316 g/mol. The Bertz CT molecular complexity index is 435. The number of alkyl halides is 2. The molecule has 7 nitrogen and oxygen atoms in total. The third kappa shape index (κ3) is 4.62. The molecule has 0 spiro atoms. The van der Waals surface area contributed by atoms with Crippen molar-refractivity contribution < 1.29 is 31.8 Å². The number of nitrogens with zero attached hydrogens (tertiary/aromatic N) is 1. The summed E-state index contributed by atoms with van der Waals surface area (Å²) < 4.78 is 56.5. The lowest BCUT2D eigenvalue weighted by Gasteiger charge is -2.30. The minimum absolute atomic E-state index is 0.0554. The van der Waals surface area contributed by atoms with Crippen molar-refractivity contribution in [1.29, 1.82) is 0 Å². The van der Waals surface area contributed by atoms with Crippen LogP contribution in [-0.4, -0.2) is 63.1 Å². The molecule has 118 valence electrons. The van der Waals surface area contributed by atoms with Crippen LogP contribution in [0.4, 0.5) is 8.78 Å². The normalized spacial score (nSPS) is 19.0. The van der Waals surface area contributed by atoms with E-state index in [4.69, 9.17) is 5.11 Å². The smallest absolute Gasteiger partial charge is 0.308 e. The fourth-order valence-electron chi connectivity index (χ4n) is 1.84. The Labute approximate surface area is 116 Å². The molecule has 0 amide bonds. The fourth-order valence-corrected chi connectivity index (χ4v) is 3.11. The highest BCUT2D eigenvalue weighted by Gasteiger charge is 2.34. The third-order valence-corrected chi connectivity index (χ3v) is 4.63. The number of halogens is 2. The lowest BCUT2D eigenvalue weighted by molar-refractivity contribution is -0.146. The molecule has 0 aliphatic carbocycles. The van der Waals surface area contributed by atoms with Gasteiger partial charge in [0.25, 0.3) is 16.1 Å². The number of rotatable bonds is 6. The molecule has 20 heavy (non-hydrogen) atoms. The Balaban J connectivity index is 2.53. The van der Waals surface area contributed by atoms with Gasteiger partial charge in [0, 0.05) is 13.1 Å². The molecule has 1 heterocycles. The average Bonchev–Trinajstić information content (AvgIpc) is 2.45. The van der Waals surface area contributed by atoms with Gasteiger partial charge >= 0.3 is 5.97 Å². The van der Waals surface area contributed by atoms with E-state index in [0.29, 0.717) is 0 Å². The Kier molecular flexibility index (Phi) is 5.80. The van der Waals surface area contributed by atoms with Crippen LogP contribution >= 0.6 is 0 Å². The first-order chi connectivity index (χ1) is 9.22. The molecule has 1 aliphatic rings. The monoisotopic (exact) mass is 316 g/mol. The zero-order chi connectivity index (χ0) is 15.4. The molecule has 10 heteroatoms. The van der Waals surface area contributed by atoms with E-state index in [0.717, 1.165) is 4.31 Å². The summed E-state index contributed by atoms with van der Waals surface area (Å²) in [5.41, 5.74) is 0. The van der Waals surface area contributed by atoms with E-state index in [1.54, 1.807) is 4.72 Å². The molecule has 1 fully saturated rings. The molecular formula is C10H18F2N2O5S. The van der Waals surface area contributed by atoms with Gasteiger partial charge < -0.3 is 9.84 Å². The van der Waals surface area contributed by atoms with Crippen LogP contribution in [0.15, 0.2) is 0 Å². The van der Waals surface area contributed by atoms with Crippen LogP contribution in [0, 0.1) is 5.92 Å². The quantitative estimate of drug-likeness (QED) is 0.634. The molecule has 0 unspecified atom stereocenters. The molecule has 0 saturated carbocycles. The first kappa shape index (κ1) is 17.2. The van der Waals surface area contributed by atoms with E-state index in [9.17, 15) is 22.0 Å². The zero-order valence-electron chi connectivity index (χ0n) is 11.0. The summed E-state index contributed by atoms with van der Waals surface area (Å²) in [6.07, 6.45) is 0.563. The first-order valence-corrected chi connectivity index (χ1v) is 7.47. The predicted octanol–water partition coefficient (Wildman–Crippen LogP) is -0.667. The topological polar surface area (TPSA) is 95.9 Å². The number of aliphatic hydroxyl groups excluding tert-OH is 1. The van der Waals surface area contributed by atoms with Gasteiger partial charge in [-0.15, -0.1) is 0 Å². The number of ether oxygens (including phenoxy) is 1. The van der Waals surface area contributed by atoms with Crippen LogP contribution in [0.25, 0.3) is 0 Å². The van der Waals surface area contributed by atoms with Gasteiger partial charge in [-0.1, -0.05) is 0 Å². The Morgan fingerprint density at radius 1 is 1.45 bits per heavy atom. The highest BCUT2D eigenvalue weighted by molar-refractivity contribution is 7.87. The zero-order valence-corrected chi connectivity index (χ0v) is 11.8. The fraction of sp³-hybridized carbons (Fsp3) is 0.900. The van der Waals surface area contributed by atoms with Gasteiger partial charge in [-0.2, -0.15) is 17.4 Å². The molecule has 0 atom stereocenters. The summed E-state index contributed by atoms with van der Waals surface area (Å²) in [7, 11) is -2.79. The summed E-state index contributed by atoms with van der Waals surface area (Å²) in [6.45, 7) is -2.48. The van der Waals surface area contributed by atoms with Crippen LogP contribution < -0.4 is 4.72 Å². The van der Waals surface area contributed by atoms with Gasteiger partial charge in [0.1, 0.15) is 6.61 Å². The maximum absolute atomic E-state index is 12.8. The molecule has 2 N–H and O–H groups in total. The van der Waals surface area contributed by atoms with E-state index in [-0.39, 0.29) is 31.8 Å². The molecule has 0 aromatic heterocycles. The Morgan fingerprint density at radius 2 is 2.00 bits per heavy atom. The maximum atomic E-state index is 12.8. The summed E-state index contributed by atoms with van der Waals surface area (Å²) >= 11 is 0. The van der Waals surface area contributed by atoms with Crippen molar-refractivity contribution in [3.8, 4) is 0 Å². The van der Waals surface area contributed by atoms with Crippen LogP contribution in [0.1, 0.15) is 12.8 Å². The number of carbonyl (C=O) groups excluding carboxylic acids is 1. The highest BCUT2D eigenvalue weighted by Crippen LogP contribution is 2.20. The van der Waals surface area contributed by atoms with Crippen molar-refractivity contribution in [2.24, 2.45) is 5.92 Å². The number of hydrogen-bond donors (Lipinski definition) is 2. The van der Waals surface area contributed by atoms with Gasteiger partial charge in [-0.25, -0.2) is 8.78 Å². The van der Waals surface area contributed by atoms with Crippen molar-refractivity contribution in [1.82, 2.24) is 9.03 Å². The van der Waals surface area contributed by atoms with Crippen LogP contribution in [0.3, 0.4) is 0 Å². The minimum atomic E-state index is -4.04. The van der Waals surface area contributed by atoms with Gasteiger partial charge in [0.15, 0.2) is 0 Å². The lowest BCUT2D eigenvalue weighted by atomic mass is 9.99. The molecule has 1 rings (SSSR count). The van der Waals surface area contributed by atoms with Crippen LogP contribution in [0.5, 0.6) is 0 Å². The largest absolute Gasteiger partial charge is 0.469 e. The van der Waals surface area contributed by atoms with E-state index in [1.165, 1.54) is 7.11 Å². The van der Waals surface area contributed by atoms with E-state index in [1.807, 2.05) is 0 Å². The molecule has 1 saturated heterocycles. The molecule has 1 aliphatic heterocycles. The van der Waals surface area contributed by atoms with Crippen molar-refractivity contribution in [3.05, 3.63) is 0 Å². The summed E-state index contributed by atoms with van der Waals surface area (Å²) in [6, 6.07) is 0. The number of hydrogen-bond acceptors (Lipinski definition) is 5. The number of nitrogens with one attached hydrogen (secondary N) is 1. The second-order valence-electron chi connectivity index (χ2n) is 4.54.